The lowest BCUT2D eigenvalue weighted by atomic mass is 10.1. The number of hydrogen-bond acceptors (Lipinski definition) is 4. The van der Waals surface area contributed by atoms with Crippen LogP contribution in [-0.4, -0.2) is 54.4 Å². The molecule has 6 nitrogen and oxygen atoms in total. The van der Waals surface area contributed by atoms with Crippen LogP contribution in [0.25, 0.3) is 0 Å². The molecule has 13 heteroatoms. The van der Waals surface area contributed by atoms with E-state index in [1.807, 2.05) is 0 Å². The van der Waals surface area contributed by atoms with Gasteiger partial charge in [0.05, 0.1) is 5.69 Å². The molecule has 0 atom stereocenters. The fourth-order valence-electron chi connectivity index (χ4n) is 2.48. The average Bonchev–Trinajstić information content (AvgIpc) is 2.66. The van der Waals surface area contributed by atoms with Crippen molar-refractivity contribution in [3.63, 3.8) is 0 Å². The summed E-state index contributed by atoms with van der Waals surface area (Å²) in [5.74, 6) is -5.61. The molecule has 0 aliphatic heterocycles. The lowest BCUT2D eigenvalue weighted by Crippen LogP contribution is -2.52. The van der Waals surface area contributed by atoms with Gasteiger partial charge in [0.1, 0.15) is 23.0 Å². The summed E-state index contributed by atoms with van der Waals surface area (Å²) in [6.45, 7) is 0. The molecule has 2 aromatic rings. The molecule has 0 saturated carbocycles. The number of carbonyl (C=O) groups excluding carboxylic acids is 3. The molecule has 0 aliphatic rings. The average molecular weight is 479 g/mol. The van der Waals surface area contributed by atoms with Crippen molar-refractivity contribution < 1.29 is 40.7 Å². The predicted octanol–water partition coefficient (Wildman–Crippen LogP) is 5.10. The topological polar surface area (TPSA) is 60.9 Å². The Hall–Kier alpha value is -3.22. The lowest BCUT2D eigenvalue weighted by Gasteiger charge is -2.28. The number of halogens is 6. The van der Waals surface area contributed by atoms with Gasteiger partial charge in [0.25, 0.3) is 5.91 Å². The van der Waals surface area contributed by atoms with E-state index in [9.17, 15) is 40.7 Å². The van der Waals surface area contributed by atoms with E-state index in [4.69, 9.17) is 0 Å². The highest BCUT2D eigenvalue weighted by atomic mass is 32.2. The molecule has 5 amide bonds. The van der Waals surface area contributed by atoms with Crippen LogP contribution in [0.15, 0.2) is 41.3 Å². The first-order valence-corrected chi connectivity index (χ1v) is 9.39. The van der Waals surface area contributed by atoms with Gasteiger partial charge in [-0.15, -0.1) is 0 Å². The Bertz CT molecular complexity index is 1040. The summed E-state index contributed by atoms with van der Waals surface area (Å²) in [7, 11) is 3.23. The number of benzene rings is 2. The summed E-state index contributed by atoms with van der Waals surface area (Å²) in [5.41, 5.74) is -6.46. The SMILES string of the molecule is CN(C)C(=O)N(C(=O)c1c(F)cccc1F)C(=O)N(C)c1ccc(SC(F)(F)F)cc1F. The van der Waals surface area contributed by atoms with Crippen molar-refractivity contribution in [3.8, 4) is 0 Å². The van der Waals surface area contributed by atoms with Gasteiger partial charge in [0.2, 0.25) is 0 Å². The van der Waals surface area contributed by atoms with Crippen LogP contribution in [0.1, 0.15) is 10.4 Å². The fraction of sp³-hybridized carbons (Fsp3) is 0.211. The van der Waals surface area contributed by atoms with E-state index in [1.165, 1.54) is 0 Å². The van der Waals surface area contributed by atoms with Gasteiger partial charge in [0, 0.05) is 26.0 Å². The summed E-state index contributed by atoms with van der Waals surface area (Å²) in [6, 6.07) is 1.85. The first-order chi connectivity index (χ1) is 14.7. The minimum absolute atomic E-state index is 0.112. The van der Waals surface area contributed by atoms with Crippen LogP contribution >= 0.6 is 11.8 Å². The van der Waals surface area contributed by atoms with Gasteiger partial charge in [-0.1, -0.05) is 6.07 Å². The number of hydrogen-bond donors (Lipinski definition) is 0. The van der Waals surface area contributed by atoms with Crippen LogP contribution in [0.5, 0.6) is 0 Å². The second-order valence-electron chi connectivity index (χ2n) is 6.42. The molecular weight excluding hydrogens is 464 g/mol. The monoisotopic (exact) mass is 479 g/mol. The van der Waals surface area contributed by atoms with Gasteiger partial charge in [-0.3, -0.25) is 9.69 Å². The quantitative estimate of drug-likeness (QED) is 0.454. The summed E-state index contributed by atoms with van der Waals surface area (Å²) in [6.07, 6.45) is 0. The van der Waals surface area contributed by atoms with Crippen LogP contribution < -0.4 is 4.90 Å². The van der Waals surface area contributed by atoms with Gasteiger partial charge < -0.3 is 4.90 Å². The molecule has 172 valence electrons. The number of carbonyl (C=O) groups is 3. The van der Waals surface area contributed by atoms with Crippen LogP contribution in [-0.2, 0) is 0 Å². The van der Waals surface area contributed by atoms with Crippen LogP contribution in [0, 0.1) is 17.5 Å². The number of amides is 5. The summed E-state index contributed by atoms with van der Waals surface area (Å²) >= 11 is -0.588. The third-order valence-electron chi connectivity index (χ3n) is 3.95. The van der Waals surface area contributed by atoms with E-state index in [-0.39, 0.29) is 4.90 Å². The number of nitrogens with zero attached hydrogens (tertiary/aromatic N) is 3. The molecule has 0 heterocycles. The van der Waals surface area contributed by atoms with Crippen molar-refractivity contribution in [2.45, 2.75) is 10.4 Å². The number of urea groups is 2. The second kappa shape index (κ2) is 9.51. The number of imide groups is 3. The molecule has 0 aromatic heterocycles. The first kappa shape index (κ1) is 25.0. The van der Waals surface area contributed by atoms with E-state index < -0.39 is 68.8 Å². The Labute approximate surface area is 182 Å². The zero-order valence-electron chi connectivity index (χ0n) is 16.7. The van der Waals surface area contributed by atoms with Gasteiger partial charge in [0.15, 0.2) is 0 Å². The van der Waals surface area contributed by atoms with Crippen LogP contribution in [0.2, 0.25) is 0 Å². The third-order valence-corrected chi connectivity index (χ3v) is 4.67. The molecule has 0 aliphatic carbocycles. The molecule has 32 heavy (non-hydrogen) atoms. The summed E-state index contributed by atoms with van der Waals surface area (Å²) < 4.78 is 80.0. The van der Waals surface area contributed by atoms with Crippen molar-refractivity contribution >= 4 is 35.4 Å². The predicted molar refractivity (Wildman–Crippen MR) is 104 cm³/mol. The molecule has 0 radical (unpaired) electrons. The standard InChI is InChI=1S/C19H15F6N3O3S/c1-26(2)17(30)28(16(29)15-11(20)5-4-6-12(15)21)18(31)27(3)14-8-7-10(9-13(14)22)32-19(23,24)25/h4-9H,1-3H3. The van der Waals surface area contributed by atoms with Crippen LogP contribution in [0.4, 0.5) is 41.6 Å². The van der Waals surface area contributed by atoms with Crippen molar-refractivity contribution in [1.82, 2.24) is 9.80 Å². The summed E-state index contributed by atoms with van der Waals surface area (Å²) in [5, 5.41) is 0. The third kappa shape index (κ3) is 5.52. The van der Waals surface area contributed by atoms with Crippen LogP contribution in [0.3, 0.4) is 0 Å². The van der Waals surface area contributed by atoms with Gasteiger partial charge in [-0.2, -0.15) is 18.1 Å². The Balaban J connectivity index is 2.46. The molecule has 0 spiro atoms. The van der Waals surface area contributed by atoms with Gasteiger partial charge >= 0.3 is 17.6 Å². The molecule has 2 aromatic carbocycles. The zero-order valence-corrected chi connectivity index (χ0v) is 17.5. The largest absolute Gasteiger partial charge is 0.446 e. The molecule has 0 saturated heterocycles. The normalized spacial score (nSPS) is 11.2. The molecule has 0 fully saturated rings. The maximum Gasteiger partial charge on any atom is 0.446 e. The minimum Gasteiger partial charge on any atom is -0.330 e. The van der Waals surface area contributed by atoms with Crippen molar-refractivity contribution in [2.75, 3.05) is 26.0 Å². The van der Waals surface area contributed by atoms with Crippen molar-refractivity contribution in [3.05, 3.63) is 59.4 Å². The van der Waals surface area contributed by atoms with Crippen molar-refractivity contribution in [1.29, 1.82) is 0 Å². The number of thioether (sulfide) groups is 1. The highest BCUT2D eigenvalue weighted by Gasteiger charge is 2.37. The summed E-state index contributed by atoms with van der Waals surface area (Å²) in [4.78, 5) is 38.7. The van der Waals surface area contributed by atoms with E-state index in [1.54, 1.807) is 0 Å². The van der Waals surface area contributed by atoms with E-state index in [2.05, 4.69) is 0 Å². The maximum atomic E-state index is 14.4. The van der Waals surface area contributed by atoms with E-state index in [0.717, 1.165) is 56.4 Å². The Morgan fingerprint density at radius 1 is 0.844 bits per heavy atom. The Morgan fingerprint density at radius 3 is 1.88 bits per heavy atom. The van der Waals surface area contributed by atoms with Gasteiger partial charge in [-0.25, -0.2) is 22.8 Å². The Morgan fingerprint density at radius 2 is 1.41 bits per heavy atom. The van der Waals surface area contributed by atoms with E-state index >= 15 is 0 Å². The minimum atomic E-state index is -4.68. The zero-order chi connectivity index (χ0) is 24.4. The molecule has 0 bridgehead atoms. The highest BCUT2D eigenvalue weighted by molar-refractivity contribution is 8.00. The van der Waals surface area contributed by atoms with E-state index in [0.29, 0.717) is 11.0 Å². The lowest BCUT2D eigenvalue weighted by molar-refractivity contribution is -0.0328. The smallest absolute Gasteiger partial charge is 0.330 e. The second-order valence-corrected chi connectivity index (χ2v) is 7.56. The Kier molecular flexibility index (Phi) is 7.44. The van der Waals surface area contributed by atoms with Gasteiger partial charge in [-0.05, 0) is 42.1 Å². The van der Waals surface area contributed by atoms with Crippen molar-refractivity contribution in [2.24, 2.45) is 0 Å². The molecule has 0 unspecified atom stereocenters. The number of rotatable bonds is 3. The number of alkyl halides is 3. The molecular formula is C19H15F6N3O3S. The first-order valence-electron chi connectivity index (χ1n) is 8.57. The maximum absolute atomic E-state index is 14.4. The molecule has 2 rings (SSSR count). The fourth-order valence-corrected chi connectivity index (χ4v) is 3.05. The molecule has 0 N–H and O–H groups in total. The highest BCUT2D eigenvalue weighted by Crippen LogP contribution is 2.38. The number of anilines is 1.